The molecule has 4 nitrogen and oxygen atoms in total. The second-order valence-corrected chi connectivity index (χ2v) is 4.28. The van der Waals surface area contributed by atoms with Crippen molar-refractivity contribution in [2.75, 3.05) is 17.7 Å². The molecule has 6 heteroatoms. The number of carbonyl (C=O) groups excluding carboxylic acids is 1. The number of halogens is 2. The molecule has 0 saturated heterocycles. The van der Waals surface area contributed by atoms with Crippen LogP contribution in [0, 0.1) is 11.6 Å². The summed E-state index contributed by atoms with van der Waals surface area (Å²) >= 11 is 0. The van der Waals surface area contributed by atoms with Crippen LogP contribution in [0.5, 0.6) is 5.75 Å². The molecule has 3 N–H and O–H groups in total. The minimum absolute atomic E-state index is 0.196. The molecule has 1 amide bonds. The van der Waals surface area contributed by atoms with Crippen molar-refractivity contribution in [3.63, 3.8) is 0 Å². The third-order valence-corrected chi connectivity index (χ3v) is 2.70. The predicted octanol–water partition coefficient (Wildman–Crippen LogP) is 3.20. The van der Waals surface area contributed by atoms with Crippen LogP contribution in [0.15, 0.2) is 36.4 Å². The van der Waals surface area contributed by atoms with E-state index in [1.54, 1.807) is 13.0 Å². The van der Waals surface area contributed by atoms with E-state index in [9.17, 15) is 13.6 Å². The number of nitrogen functional groups attached to an aromatic ring is 1. The van der Waals surface area contributed by atoms with Gasteiger partial charge in [0.15, 0.2) is 11.6 Å². The normalized spacial score (nSPS) is 10.2. The number of nitrogens with one attached hydrogen (secondary N) is 1. The van der Waals surface area contributed by atoms with Crippen molar-refractivity contribution in [1.29, 1.82) is 0 Å². The van der Waals surface area contributed by atoms with Crippen molar-refractivity contribution in [2.24, 2.45) is 0 Å². The van der Waals surface area contributed by atoms with E-state index in [0.717, 1.165) is 6.07 Å². The number of benzene rings is 2. The third-order valence-electron chi connectivity index (χ3n) is 2.70. The van der Waals surface area contributed by atoms with Crippen LogP contribution in [0.2, 0.25) is 0 Å². The van der Waals surface area contributed by atoms with E-state index in [4.69, 9.17) is 10.5 Å². The van der Waals surface area contributed by atoms with Crippen LogP contribution in [-0.2, 0) is 0 Å². The Morgan fingerprint density at radius 3 is 2.76 bits per heavy atom. The fourth-order valence-corrected chi connectivity index (χ4v) is 1.80. The van der Waals surface area contributed by atoms with Gasteiger partial charge < -0.3 is 15.8 Å². The molecule has 110 valence electrons. The second-order valence-electron chi connectivity index (χ2n) is 4.28. The Kier molecular flexibility index (Phi) is 4.37. The monoisotopic (exact) mass is 292 g/mol. The van der Waals surface area contributed by atoms with Gasteiger partial charge in [0.05, 0.1) is 12.3 Å². The Hall–Kier alpha value is -2.63. The minimum atomic E-state index is -1.11. The highest BCUT2D eigenvalue weighted by atomic mass is 19.2. The number of nitrogens with two attached hydrogens (primary N) is 1. The van der Waals surface area contributed by atoms with Crippen molar-refractivity contribution in [3.8, 4) is 5.75 Å². The van der Waals surface area contributed by atoms with Gasteiger partial charge in [0.1, 0.15) is 5.75 Å². The molecule has 0 fully saturated rings. The molecule has 0 atom stereocenters. The molecule has 0 aliphatic heterocycles. The smallest absolute Gasteiger partial charge is 0.255 e. The van der Waals surface area contributed by atoms with E-state index in [-0.39, 0.29) is 11.3 Å². The van der Waals surface area contributed by atoms with Gasteiger partial charge in [-0.25, -0.2) is 8.78 Å². The lowest BCUT2D eigenvalue weighted by Gasteiger charge is -2.09. The van der Waals surface area contributed by atoms with E-state index in [1.165, 1.54) is 24.3 Å². The van der Waals surface area contributed by atoms with Gasteiger partial charge in [0.2, 0.25) is 0 Å². The molecule has 2 aromatic carbocycles. The maximum absolute atomic E-state index is 13.5. The van der Waals surface area contributed by atoms with Gasteiger partial charge in [0, 0.05) is 17.3 Å². The summed E-state index contributed by atoms with van der Waals surface area (Å²) in [4.78, 5) is 12.1. The summed E-state index contributed by atoms with van der Waals surface area (Å²) in [5.41, 5.74) is 5.98. The molecular formula is C15H14F2N2O2. The van der Waals surface area contributed by atoms with Crippen LogP contribution in [-0.4, -0.2) is 12.5 Å². The minimum Gasteiger partial charge on any atom is -0.494 e. The van der Waals surface area contributed by atoms with Gasteiger partial charge in [0.25, 0.3) is 5.91 Å². The first-order valence-corrected chi connectivity index (χ1v) is 6.30. The summed E-state index contributed by atoms with van der Waals surface area (Å²) in [5, 5.41) is 2.30. The van der Waals surface area contributed by atoms with E-state index >= 15 is 0 Å². The summed E-state index contributed by atoms with van der Waals surface area (Å²) in [7, 11) is 0. The van der Waals surface area contributed by atoms with Crippen molar-refractivity contribution < 1.29 is 18.3 Å². The first-order chi connectivity index (χ1) is 10.0. The topological polar surface area (TPSA) is 64.3 Å². The molecule has 2 rings (SSSR count). The number of hydrogen-bond donors (Lipinski definition) is 2. The summed E-state index contributed by atoms with van der Waals surface area (Å²) in [5.74, 6) is -2.31. The number of rotatable bonds is 4. The van der Waals surface area contributed by atoms with Crippen LogP contribution < -0.4 is 15.8 Å². The molecule has 0 heterocycles. The summed E-state index contributed by atoms with van der Waals surface area (Å²) in [6.45, 7) is 2.22. The number of ether oxygens (including phenoxy) is 1. The summed E-state index contributed by atoms with van der Waals surface area (Å²) in [6.07, 6.45) is 0. The average Bonchev–Trinajstić information content (AvgIpc) is 2.43. The fraction of sp³-hybridized carbons (Fsp3) is 0.133. The van der Waals surface area contributed by atoms with Crippen LogP contribution in [0.4, 0.5) is 20.2 Å². The van der Waals surface area contributed by atoms with E-state index < -0.39 is 17.5 Å². The van der Waals surface area contributed by atoms with Gasteiger partial charge >= 0.3 is 0 Å². The molecule has 0 spiro atoms. The van der Waals surface area contributed by atoms with E-state index in [2.05, 4.69) is 5.32 Å². The predicted molar refractivity (Wildman–Crippen MR) is 76.3 cm³/mol. The highest BCUT2D eigenvalue weighted by Crippen LogP contribution is 2.21. The Balaban J connectivity index is 2.26. The van der Waals surface area contributed by atoms with Crippen LogP contribution in [0.25, 0.3) is 0 Å². The number of hydrogen-bond acceptors (Lipinski definition) is 3. The van der Waals surface area contributed by atoms with Crippen LogP contribution in [0.1, 0.15) is 17.3 Å². The quantitative estimate of drug-likeness (QED) is 0.851. The summed E-state index contributed by atoms with van der Waals surface area (Å²) < 4.78 is 31.9. The maximum atomic E-state index is 13.5. The van der Waals surface area contributed by atoms with Gasteiger partial charge in [-0.1, -0.05) is 6.07 Å². The van der Waals surface area contributed by atoms with E-state index in [0.29, 0.717) is 18.0 Å². The first kappa shape index (κ1) is 14.8. The average molecular weight is 292 g/mol. The molecule has 2 aromatic rings. The Morgan fingerprint density at radius 2 is 2.05 bits per heavy atom. The van der Waals surface area contributed by atoms with Crippen LogP contribution >= 0.6 is 0 Å². The maximum Gasteiger partial charge on any atom is 0.255 e. The van der Waals surface area contributed by atoms with Gasteiger partial charge in [-0.15, -0.1) is 0 Å². The molecule has 0 aliphatic carbocycles. The lowest BCUT2D eigenvalue weighted by molar-refractivity contribution is 0.102. The summed E-state index contributed by atoms with van der Waals surface area (Å²) in [6, 6.07) is 8.02. The molecule has 0 aliphatic rings. The highest BCUT2D eigenvalue weighted by Gasteiger charge is 2.13. The zero-order chi connectivity index (χ0) is 15.4. The van der Waals surface area contributed by atoms with Crippen molar-refractivity contribution in [1.82, 2.24) is 0 Å². The van der Waals surface area contributed by atoms with Gasteiger partial charge in [-0.2, -0.15) is 0 Å². The molecule has 0 radical (unpaired) electrons. The van der Waals surface area contributed by atoms with Crippen molar-refractivity contribution >= 4 is 17.3 Å². The van der Waals surface area contributed by atoms with Gasteiger partial charge in [-0.05, 0) is 31.2 Å². The largest absolute Gasteiger partial charge is 0.494 e. The molecular weight excluding hydrogens is 278 g/mol. The number of anilines is 2. The Labute approximate surface area is 120 Å². The fourth-order valence-electron chi connectivity index (χ4n) is 1.80. The Bertz CT molecular complexity index is 675. The third kappa shape index (κ3) is 3.47. The molecule has 0 bridgehead atoms. The molecule has 0 saturated carbocycles. The van der Waals surface area contributed by atoms with Gasteiger partial charge in [-0.3, -0.25) is 4.79 Å². The number of carbonyl (C=O) groups is 1. The zero-order valence-electron chi connectivity index (χ0n) is 11.3. The van der Waals surface area contributed by atoms with Crippen molar-refractivity contribution in [3.05, 3.63) is 53.6 Å². The second kappa shape index (κ2) is 6.21. The van der Waals surface area contributed by atoms with Crippen molar-refractivity contribution in [2.45, 2.75) is 6.92 Å². The lowest BCUT2D eigenvalue weighted by Crippen LogP contribution is -2.14. The highest BCUT2D eigenvalue weighted by molar-refractivity contribution is 6.05. The number of amides is 1. The molecule has 0 aromatic heterocycles. The SMILES string of the molecule is CCOc1cc(N)cc(C(=O)Nc2cccc(F)c2F)c1. The standard InChI is InChI=1S/C15H14F2N2O2/c1-2-21-11-7-9(6-10(18)8-11)15(20)19-13-5-3-4-12(16)14(13)17/h3-8H,2,18H2,1H3,(H,19,20). The Morgan fingerprint density at radius 1 is 1.29 bits per heavy atom. The zero-order valence-corrected chi connectivity index (χ0v) is 11.3. The van der Waals surface area contributed by atoms with Crippen LogP contribution in [0.3, 0.4) is 0 Å². The molecule has 0 unspecified atom stereocenters. The first-order valence-electron chi connectivity index (χ1n) is 6.30. The van der Waals surface area contributed by atoms with E-state index in [1.807, 2.05) is 0 Å². The molecule has 21 heavy (non-hydrogen) atoms. The lowest BCUT2D eigenvalue weighted by atomic mass is 10.1.